The number of anilines is 1. The van der Waals surface area contributed by atoms with E-state index in [1.54, 1.807) is 42.4 Å². The Hall–Kier alpha value is -2.69. The molecule has 1 aromatic heterocycles. The van der Waals surface area contributed by atoms with E-state index in [-0.39, 0.29) is 41.5 Å². The molecule has 0 fully saturated rings. The van der Waals surface area contributed by atoms with E-state index in [0.29, 0.717) is 19.6 Å². The molecule has 0 saturated heterocycles. The number of carbonyl (C=O) groups is 1. The molecule has 180 valence electrons. The van der Waals surface area contributed by atoms with Gasteiger partial charge in [0, 0.05) is 37.9 Å². The zero-order valence-corrected chi connectivity index (χ0v) is 20.2. The van der Waals surface area contributed by atoms with Crippen LogP contribution in [0.2, 0.25) is 0 Å². The fourth-order valence-corrected chi connectivity index (χ4v) is 4.47. The van der Waals surface area contributed by atoms with Crippen molar-refractivity contribution in [3.05, 3.63) is 53.9 Å². The molecule has 3 atom stereocenters. The number of hydrogen-bond donors (Lipinski definition) is 2. The third-order valence-electron chi connectivity index (χ3n) is 5.68. The Morgan fingerprint density at radius 1 is 1.30 bits per heavy atom. The van der Waals surface area contributed by atoms with Crippen LogP contribution < -0.4 is 9.46 Å². The molecule has 33 heavy (non-hydrogen) atoms. The Morgan fingerprint density at radius 2 is 2.00 bits per heavy atom. The van der Waals surface area contributed by atoms with Crippen LogP contribution in [-0.4, -0.2) is 79.4 Å². The highest BCUT2D eigenvalue weighted by molar-refractivity contribution is 7.92. The van der Waals surface area contributed by atoms with Gasteiger partial charge in [0.05, 0.1) is 30.2 Å². The first-order valence-corrected chi connectivity index (χ1v) is 12.7. The average Bonchev–Trinajstić information content (AvgIpc) is 2.75. The van der Waals surface area contributed by atoms with Crippen LogP contribution in [0.4, 0.5) is 5.69 Å². The minimum Gasteiger partial charge on any atom is -0.486 e. The van der Waals surface area contributed by atoms with Crippen molar-refractivity contribution in [1.82, 2.24) is 14.8 Å². The molecule has 2 aromatic rings. The molecule has 3 rings (SSSR count). The average molecular weight is 477 g/mol. The van der Waals surface area contributed by atoms with Crippen molar-refractivity contribution in [3.8, 4) is 5.75 Å². The van der Waals surface area contributed by atoms with Gasteiger partial charge < -0.3 is 14.7 Å². The van der Waals surface area contributed by atoms with Crippen LogP contribution in [0.1, 0.15) is 29.8 Å². The van der Waals surface area contributed by atoms with Crippen molar-refractivity contribution in [3.63, 3.8) is 0 Å². The third-order valence-corrected chi connectivity index (χ3v) is 6.27. The van der Waals surface area contributed by atoms with Crippen LogP contribution in [0.5, 0.6) is 5.75 Å². The SMILES string of the molecule is C[C@@H]1CN([C@@H](C)CO)C(=O)c2cccc(NS(C)(=O)=O)c2O[C@H]1CN(C)Cc1ccncc1. The Kier molecular flexibility index (Phi) is 7.93. The van der Waals surface area contributed by atoms with Crippen molar-refractivity contribution in [2.24, 2.45) is 5.92 Å². The van der Waals surface area contributed by atoms with Gasteiger partial charge in [0.25, 0.3) is 5.91 Å². The number of fused-ring (bicyclic) bond motifs is 1. The number of aliphatic hydroxyl groups excluding tert-OH is 1. The maximum atomic E-state index is 13.4. The zero-order chi connectivity index (χ0) is 24.2. The standard InChI is InChI=1S/C23H32N4O5S/c1-16-12-27(17(2)15-28)23(29)19-6-5-7-20(25-33(4,30)31)22(19)32-21(16)14-26(3)13-18-8-10-24-11-9-18/h5-11,16-17,21,25,28H,12-15H2,1-4H3/t16-,17+,21+/m1/s1. The summed E-state index contributed by atoms with van der Waals surface area (Å²) in [5, 5.41) is 9.75. The van der Waals surface area contributed by atoms with Crippen LogP contribution in [-0.2, 0) is 16.6 Å². The number of aliphatic hydroxyl groups is 1. The van der Waals surface area contributed by atoms with E-state index in [0.717, 1.165) is 11.8 Å². The highest BCUT2D eigenvalue weighted by atomic mass is 32.2. The lowest BCUT2D eigenvalue weighted by atomic mass is 9.99. The molecule has 0 aliphatic carbocycles. The van der Waals surface area contributed by atoms with Gasteiger partial charge in [-0.05, 0) is 43.8 Å². The van der Waals surface area contributed by atoms with E-state index >= 15 is 0 Å². The van der Waals surface area contributed by atoms with Gasteiger partial charge in [0.15, 0.2) is 5.75 Å². The first-order valence-electron chi connectivity index (χ1n) is 10.9. The van der Waals surface area contributed by atoms with Crippen LogP contribution in [0.25, 0.3) is 0 Å². The number of pyridine rings is 1. The number of benzene rings is 1. The summed E-state index contributed by atoms with van der Waals surface area (Å²) in [6.07, 6.45) is 4.22. The summed E-state index contributed by atoms with van der Waals surface area (Å²) < 4.78 is 32.8. The molecule has 0 bridgehead atoms. The molecule has 2 N–H and O–H groups in total. The first-order chi connectivity index (χ1) is 15.6. The number of para-hydroxylation sites is 1. The summed E-state index contributed by atoms with van der Waals surface area (Å²) in [5.74, 6) is -0.182. The number of sulfonamides is 1. The maximum Gasteiger partial charge on any atom is 0.258 e. The predicted octanol–water partition coefficient (Wildman–Crippen LogP) is 1.81. The third kappa shape index (κ3) is 6.43. The summed E-state index contributed by atoms with van der Waals surface area (Å²) in [7, 11) is -1.61. The minimum absolute atomic E-state index is 0.0812. The lowest BCUT2D eigenvalue weighted by Gasteiger charge is -2.38. The predicted molar refractivity (Wildman–Crippen MR) is 127 cm³/mol. The second kappa shape index (κ2) is 10.5. The number of likely N-dealkylation sites (N-methyl/N-ethyl adjacent to an activating group) is 1. The molecule has 0 unspecified atom stereocenters. The molecule has 1 aliphatic rings. The second-order valence-electron chi connectivity index (χ2n) is 8.73. The van der Waals surface area contributed by atoms with E-state index in [4.69, 9.17) is 4.74 Å². The molecule has 0 saturated carbocycles. The second-order valence-corrected chi connectivity index (χ2v) is 10.5. The lowest BCUT2D eigenvalue weighted by molar-refractivity contribution is 0.0344. The van der Waals surface area contributed by atoms with Crippen LogP contribution in [0, 0.1) is 5.92 Å². The largest absolute Gasteiger partial charge is 0.486 e. The number of aromatic nitrogens is 1. The Labute approximate surface area is 195 Å². The fourth-order valence-electron chi connectivity index (χ4n) is 3.91. The van der Waals surface area contributed by atoms with Crippen molar-refractivity contribution in [2.45, 2.75) is 32.5 Å². The Bertz CT molecular complexity index is 1060. The van der Waals surface area contributed by atoms with Crippen molar-refractivity contribution in [1.29, 1.82) is 0 Å². The molecule has 2 heterocycles. The molecular weight excluding hydrogens is 444 g/mol. The van der Waals surface area contributed by atoms with E-state index in [9.17, 15) is 18.3 Å². The van der Waals surface area contributed by atoms with E-state index in [1.165, 1.54) is 0 Å². The van der Waals surface area contributed by atoms with Crippen molar-refractivity contribution in [2.75, 3.05) is 37.7 Å². The normalized spacial score (nSPS) is 19.9. The lowest BCUT2D eigenvalue weighted by Crippen LogP contribution is -2.49. The molecule has 1 aromatic carbocycles. The highest BCUT2D eigenvalue weighted by Gasteiger charge is 2.34. The molecule has 0 radical (unpaired) electrons. The van der Waals surface area contributed by atoms with Crippen LogP contribution in [0.3, 0.4) is 0 Å². The summed E-state index contributed by atoms with van der Waals surface area (Å²) >= 11 is 0. The topological polar surface area (TPSA) is 112 Å². The van der Waals surface area contributed by atoms with Gasteiger partial charge in [-0.25, -0.2) is 8.42 Å². The first kappa shape index (κ1) is 24.9. The Balaban J connectivity index is 1.98. The van der Waals surface area contributed by atoms with Crippen molar-refractivity contribution < 1.29 is 23.1 Å². The Morgan fingerprint density at radius 3 is 2.64 bits per heavy atom. The monoisotopic (exact) mass is 476 g/mol. The number of nitrogens with one attached hydrogen (secondary N) is 1. The van der Waals surface area contributed by atoms with Gasteiger partial charge in [-0.1, -0.05) is 13.0 Å². The number of rotatable bonds is 8. The molecule has 10 heteroatoms. The summed E-state index contributed by atoms with van der Waals surface area (Å²) in [6.45, 7) is 5.23. The van der Waals surface area contributed by atoms with E-state index in [2.05, 4.69) is 14.6 Å². The van der Waals surface area contributed by atoms with Gasteiger partial charge in [0.1, 0.15) is 6.10 Å². The number of amides is 1. The van der Waals surface area contributed by atoms with Gasteiger partial charge in [-0.15, -0.1) is 0 Å². The van der Waals surface area contributed by atoms with Gasteiger partial charge in [-0.3, -0.25) is 19.4 Å². The van der Waals surface area contributed by atoms with Crippen LogP contribution >= 0.6 is 0 Å². The van der Waals surface area contributed by atoms with Crippen LogP contribution in [0.15, 0.2) is 42.7 Å². The number of ether oxygens (including phenoxy) is 1. The smallest absolute Gasteiger partial charge is 0.258 e. The van der Waals surface area contributed by atoms with Gasteiger partial charge in [0.2, 0.25) is 10.0 Å². The van der Waals surface area contributed by atoms with E-state index in [1.807, 2.05) is 26.1 Å². The summed E-state index contributed by atoms with van der Waals surface area (Å²) in [4.78, 5) is 21.2. The van der Waals surface area contributed by atoms with Gasteiger partial charge in [-0.2, -0.15) is 0 Å². The molecule has 9 nitrogen and oxygen atoms in total. The number of nitrogens with zero attached hydrogens (tertiary/aromatic N) is 3. The molecule has 1 amide bonds. The molecule has 0 spiro atoms. The van der Waals surface area contributed by atoms with Gasteiger partial charge >= 0.3 is 0 Å². The minimum atomic E-state index is -3.59. The molecular formula is C23H32N4O5S. The molecule has 1 aliphatic heterocycles. The maximum absolute atomic E-state index is 13.4. The highest BCUT2D eigenvalue weighted by Crippen LogP contribution is 2.35. The fraction of sp³-hybridized carbons (Fsp3) is 0.478. The quantitative estimate of drug-likeness (QED) is 0.598. The number of carbonyl (C=O) groups excluding carboxylic acids is 1. The van der Waals surface area contributed by atoms with E-state index < -0.39 is 16.1 Å². The summed E-state index contributed by atoms with van der Waals surface area (Å²) in [6, 6.07) is 8.32. The van der Waals surface area contributed by atoms with Crippen molar-refractivity contribution >= 4 is 21.6 Å². The summed E-state index contributed by atoms with van der Waals surface area (Å²) in [5.41, 5.74) is 1.59. The zero-order valence-electron chi connectivity index (χ0n) is 19.4. The number of hydrogen-bond acceptors (Lipinski definition) is 7.